The molecule has 0 aromatic rings. The van der Waals surface area contributed by atoms with E-state index in [2.05, 4.69) is 20.8 Å². The first-order valence-corrected chi connectivity index (χ1v) is 3.78. The van der Waals surface area contributed by atoms with Gasteiger partial charge in [-0.1, -0.05) is 39.8 Å². The lowest BCUT2D eigenvalue weighted by Gasteiger charge is -2.19. The van der Waals surface area contributed by atoms with E-state index in [0.29, 0.717) is 5.41 Å². The monoisotopic (exact) mass is 131 g/mol. The summed E-state index contributed by atoms with van der Waals surface area (Å²) in [6.07, 6.45) is 2.51. The summed E-state index contributed by atoms with van der Waals surface area (Å²) < 4.78 is 0. The molecule has 0 saturated carbocycles. The largest absolute Gasteiger partial charge is 0.0936 e. The van der Waals surface area contributed by atoms with E-state index in [-0.39, 0.29) is 0 Å². The zero-order valence-corrected chi connectivity index (χ0v) is 6.85. The highest BCUT2D eigenvalue weighted by molar-refractivity contribution is 7.80. The van der Waals surface area contributed by atoms with Crippen molar-refractivity contribution in [3.05, 3.63) is 0 Å². The third kappa shape index (κ3) is 3.36. The topological polar surface area (TPSA) is 0 Å². The standard InChI is InChI=1S/C7H15S/c1-4-5-7(2,3)6-8/h4-6H2,1-3H3. The lowest BCUT2D eigenvalue weighted by atomic mass is 9.91. The fraction of sp³-hybridized carbons (Fsp3) is 1.00. The zero-order chi connectivity index (χ0) is 6.62. The van der Waals surface area contributed by atoms with Crippen molar-refractivity contribution in [1.29, 1.82) is 0 Å². The van der Waals surface area contributed by atoms with Crippen LogP contribution in [0.5, 0.6) is 0 Å². The molecule has 0 aromatic carbocycles. The molecule has 0 nitrogen and oxygen atoms in total. The minimum atomic E-state index is 0.407. The summed E-state index contributed by atoms with van der Waals surface area (Å²) in [5.41, 5.74) is 0.407. The Morgan fingerprint density at radius 1 is 1.38 bits per heavy atom. The maximum absolute atomic E-state index is 4.95. The molecule has 49 valence electrons. The van der Waals surface area contributed by atoms with Crippen LogP contribution in [0.3, 0.4) is 0 Å². The molecule has 1 radical (unpaired) electrons. The molecule has 0 saturated heterocycles. The highest BCUT2D eigenvalue weighted by Crippen LogP contribution is 2.22. The summed E-state index contributed by atoms with van der Waals surface area (Å²) >= 11 is 4.95. The van der Waals surface area contributed by atoms with Gasteiger partial charge in [0.15, 0.2) is 0 Å². The van der Waals surface area contributed by atoms with Crippen molar-refractivity contribution in [2.24, 2.45) is 5.41 Å². The van der Waals surface area contributed by atoms with E-state index in [4.69, 9.17) is 12.6 Å². The molecule has 0 bridgehead atoms. The predicted molar refractivity (Wildman–Crippen MR) is 41.1 cm³/mol. The van der Waals surface area contributed by atoms with Crippen LogP contribution < -0.4 is 0 Å². The minimum absolute atomic E-state index is 0.407. The van der Waals surface area contributed by atoms with Crippen LogP contribution in [0.25, 0.3) is 0 Å². The predicted octanol–water partition coefficient (Wildman–Crippen LogP) is 3.01. The normalized spacial score (nSPS) is 12.0. The van der Waals surface area contributed by atoms with Crippen molar-refractivity contribution in [3.8, 4) is 0 Å². The highest BCUT2D eigenvalue weighted by Gasteiger charge is 2.13. The average Bonchev–Trinajstić information content (AvgIpc) is 1.67. The Balaban J connectivity index is 3.37. The van der Waals surface area contributed by atoms with Gasteiger partial charge in [0.2, 0.25) is 0 Å². The Morgan fingerprint density at radius 2 is 1.88 bits per heavy atom. The van der Waals surface area contributed by atoms with Gasteiger partial charge in [-0.15, -0.1) is 0 Å². The van der Waals surface area contributed by atoms with E-state index in [9.17, 15) is 0 Å². The van der Waals surface area contributed by atoms with E-state index < -0.39 is 0 Å². The van der Waals surface area contributed by atoms with Gasteiger partial charge in [-0.2, -0.15) is 0 Å². The quantitative estimate of drug-likeness (QED) is 0.552. The number of rotatable bonds is 3. The van der Waals surface area contributed by atoms with Gasteiger partial charge in [0.1, 0.15) is 0 Å². The second-order valence-electron chi connectivity index (χ2n) is 3.06. The zero-order valence-electron chi connectivity index (χ0n) is 6.03. The molecule has 0 fully saturated rings. The molecule has 0 spiro atoms. The highest BCUT2D eigenvalue weighted by atomic mass is 32.1. The summed E-state index contributed by atoms with van der Waals surface area (Å²) in [6, 6.07) is 0. The summed E-state index contributed by atoms with van der Waals surface area (Å²) in [4.78, 5) is 0. The van der Waals surface area contributed by atoms with Gasteiger partial charge < -0.3 is 0 Å². The smallest absolute Gasteiger partial charge is 0.00883 e. The van der Waals surface area contributed by atoms with Crippen molar-refractivity contribution in [2.45, 2.75) is 33.6 Å². The maximum atomic E-state index is 4.95. The Hall–Kier alpha value is 0.350. The molecule has 0 aliphatic heterocycles. The van der Waals surface area contributed by atoms with E-state index in [1.54, 1.807) is 0 Å². The van der Waals surface area contributed by atoms with Gasteiger partial charge in [0.25, 0.3) is 0 Å². The second-order valence-corrected chi connectivity index (χ2v) is 3.35. The van der Waals surface area contributed by atoms with E-state index in [1.807, 2.05) is 0 Å². The fourth-order valence-electron chi connectivity index (χ4n) is 0.749. The first-order valence-electron chi connectivity index (χ1n) is 3.20. The van der Waals surface area contributed by atoms with Crippen molar-refractivity contribution >= 4 is 12.6 Å². The van der Waals surface area contributed by atoms with Crippen molar-refractivity contribution < 1.29 is 0 Å². The van der Waals surface area contributed by atoms with Crippen molar-refractivity contribution in [2.75, 3.05) is 5.75 Å². The van der Waals surface area contributed by atoms with Gasteiger partial charge in [0.05, 0.1) is 0 Å². The maximum Gasteiger partial charge on any atom is 0.00883 e. The van der Waals surface area contributed by atoms with Crippen molar-refractivity contribution in [3.63, 3.8) is 0 Å². The molecule has 0 atom stereocenters. The van der Waals surface area contributed by atoms with Crippen LogP contribution in [0, 0.1) is 5.41 Å². The molecule has 1 heteroatoms. The van der Waals surface area contributed by atoms with E-state index in [0.717, 1.165) is 5.75 Å². The van der Waals surface area contributed by atoms with Crippen LogP contribution in [-0.4, -0.2) is 5.75 Å². The van der Waals surface area contributed by atoms with Crippen LogP contribution in [0.2, 0.25) is 0 Å². The van der Waals surface area contributed by atoms with Gasteiger partial charge in [-0.05, 0) is 11.8 Å². The molecule has 8 heavy (non-hydrogen) atoms. The Kier molecular flexibility index (Phi) is 3.54. The summed E-state index contributed by atoms with van der Waals surface area (Å²) in [6.45, 7) is 6.65. The molecule has 0 aliphatic carbocycles. The Morgan fingerprint density at radius 3 is 2.00 bits per heavy atom. The van der Waals surface area contributed by atoms with Crippen LogP contribution in [0.1, 0.15) is 33.6 Å². The Labute approximate surface area is 58.1 Å². The molecule has 0 N–H and O–H groups in total. The van der Waals surface area contributed by atoms with Crippen LogP contribution in [-0.2, 0) is 0 Å². The molecule has 0 amide bonds. The molecule has 0 unspecified atom stereocenters. The molecule has 0 aromatic heterocycles. The lowest BCUT2D eigenvalue weighted by Crippen LogP contribution is -2.11. The van der Waals surface area contributed by atoms with Crippen LogP contribution in [0.4, 0.5) is 0 Å². The third-order valence-corrected chi connectivity index (χ3v) is 2.10. The first kappa shape index (κ1) is 8.35. The van der Waals surface area contributed by atoms with Gasteiger partial charge in [-0.25, -0.2) is 0 Å². The third-order valence-electron chi connectivity index (χ3n) is 1.32. The molecular formula is C7H15S. The minimum Gasteiger partial charge on any atom is -0.0936 e. The molecule has 0 heterocycles. The summed E-state index contributed by atoms with van der Waals surface area (Å²) in [5, 5.41) is 0. The average molecular weight is 131 g/mol. The van der Waals surface area contributed by atoms with Crippen LogP contribution in [0.15, 0.2) is 0 Å². The van der Waals surface area contributed by atoms with Gasteiger partial charge in [0, 0.05) is 5.75 Å². The first-order chi connectivity index (χ1) is 3.62. The molecule has 0 aliphatic rings. The number of hydrogen-bond donors (Lipinski definition) is 0. The summed E-state index contributed by atoms with van der Waals surface area (Å²) in [7, 11) is 0. The van der Waals surface area contributed by atoms with Crippen LogP contribution >= 0.6 is 12.6 Å². The second kappa shape index (κ2) is 3.39. The summed E-state index contributed by atoms with van der Waals surface area (Å²) in [5.74, 6) is 0.890. The van der Waals surface area contributed by atoms with Crippen molar-refractivity contribution in [1.82, 2.24) is 0 Å². The fourth-order valence-corrected chi connectivity index (χ4v) is 0.893. The lowest BCUT2D eigenvalue weighted by molar-refractivity contribution is 0.383. The van der Waals surface area contributed by atoms with E-state index >= 15 is 0 Å². The van der Waals surface area contributed by atoms with Gasteiger partial charge >= 0.3 is 0 Å². The SMILES string of the molecule is CCCC(C)(C)C[S]. The Bertz CT molecular complexity index is 57.4. The number of hydrogen-bond acceptors (Lipinski definition) is 0. The van der Waals surface area contributed by atoms with Gasteiger partial charge in [-0.3, -0.25) is 0 Å². The molecular weight excluding hydrogens is 116 g/mol. The molecule has 0 rings (SSSR count). The van der Waals surface area contributed by atoms with E-state index in [1.165, 1.54) is 12.8 Å².